The van der Waals surface area contributed by atoms with E-state index in [1.54, 1.807) is 23.3 Å². The van der Waals surface area contributed by atoms with Crippen molar-refractivity contribution in [1.82, 2.24) is 14.9 Å². The Morgan fingerprint density at radius 3 is 2.88 bits per heavy atom. The molecule has 1 unspecified atom stereocenters. The van der Waals surface area contributed by atoms with E-state index in [9.17, 15) is 14.7 Å². The number of halogens is 2. The van der Waals surface area contributed by atoms with Crippen LogP contribution >= 0.6 is 0 Å². The first-order valence-electron chi connectivity index (χ1n) is 9.92. The first kappa shape index (κ1) is 20.1. The largest absolute Gasteiger partial charge is 0.477 e. The van der Waals surface area contributed by atoms with Gasteiger partial charge in [0.05, 0.1) is 17.7 Å². The number of piperazine rings is 1. The molecular formula is C22H18F2N4O4. The zero-order valence-electron chi connectivity index (χ0n) is 16.9. The molecule has 0 aliphatic carbocycles. The molecule has 1 atom stereocenters. The molecule has 1 saturated heterocycles. The number of aromatic nitrogens is 2. The molecule has 8 nitrogen and oxygen atoms in total. The molecule has 164 valence electrons. The average Bonchev–Trinajstić information content (AvgIpc) is 3.30. The fourth-order valence-electron chi connectivity index (χ4n) is 4.20. The summed E-state index contributed by atoms with van der Waals surface area (Å²) in [4.78, 5) is 29.8. The number of nitrogens with zero attached hydrogens (tertiary/aromatic N) is 3. The van der Waals surface area contributed by atoms with Gasteiger partial charge in [-0.2, -0.15) is 0 Å². The van der Waals surface area contributed by atoms with E-state index in [1.165, 1.54) is 17.7 Å². The number of anilines is 1. The van der Waals surface area contributed by atoms with Gasteiger partial charge in [-0.3, -0.25) is 4.79 Å². The van der Waals surface area contributed by atoms with Gasteiger partial charge in [0.25, 0.3) is 0 Å². The van der Waals surface area contributed by atoms with Gasteiger partial charge in [0.2, 0.25) is 5.43 Å². The Labute approximate surface area is 179 Å². The minimum absolute atomic E-state index is 0.0218. The molecule has 3 aromatic heterocycles. The Hall–Kier alpha value is -3.79. The number of carboxylic acids is 1. The maximum Gasteiger partial charge on any atom is 0.341 e. The van der Waals surface area contributed by atoms with Crippen molar-refractivity contribution in [2.24, 2.45) is 7.05 Å². The summed E-state index contributed by atoms with van der Waals surface area (Å²) >= 11 is 0. The zero-order valence-corrected chi connectivity index (χ0v) is 16.9. The number of aryl methyl sites for hydroxylation is 1. The number of aromatic carboxylic acids is 1. The lowest BCUT2D eigenvalue weighted by atomic mass is 10.1. The van der Waals surface area contributed by atoms with Gasteiger partial charge >= 0.3 is 5.97 Å². The fraction of sp³-hybridized carbons (Fsp3) is 0.227. The summed E-state index contributed by atoms with van der Waals surface area (Å²) in [6, 6.07) is 5.73. The van der Waals surface area contributed by atoms with E-state index in [2.05, 4.69) is 10.3 Å². The number of carbonyl (C=O) groups is 1. The second-order valence-electron chi connectivity index (χ2n) is 7.71. The standard InChI is InChI=1S/C22H18F2N4O4/c1-27-9-13(22(30)31)20(29)12-7-11-8-14(23)19(17(24)18(11)26-21(12)27)28-5-4-25-15(10-28)16-3-2-6-32-16/h2-3,6-9,15,25H,4-5,10H2,1H3,(H,30,31). The summed E-state index contributed by atoms with van der Waals surface area (Å²) in [5.41, 5.74) is -1.39. The van der Waals surface area contributed by atoms with Crippen molar-refractivity contribution in [3.05, 3.63) is 69.9 Å². The van der Waals surface area contributed by atoms with Gasteiger partial charge in [-0.25, -0.2) is 18.6 Å². The molecule has 0 saturated carbocycles. The maximum atomic E-state index is 15.6. The smallest absolute Gasteiger partial charge is 0.341 e. The molecule has 1 aliphatic rings. The molecule has 1 aliphatic heterocycles. The van der Waals surface area contributed by atoms with Gasteiger partial charge in [0.1, 0.15) is 34.0 Å². The highest BCUT2D eigenvalue weighted by atomic mass is 19.1. The highest BCUT2D eigenvalue weighted by Crippen LogP contribution is 2.33. The van der Waals surface area contributed by atoms with Crippen LogP contribution in [0, 0.1) is 11.6 Å². The first-order chi connectivity index (χ1) is 15.3. The molecule has 1 aromatic carbocycles. The van der Waals surface area contributed by atoms with Gasteiger partial charge in [-0.05, 0) is 24.3 Å². The molecule has 10 heteroatoms. The van der Waals surface area contributed by atoms with Crippen molar-refractivity contribution >= 4 is 33.6 Å². The molecular weight excluding hydrogens is 422 g/mol. The van der Waals surface area contributed by atoms with Crippen molar-refractivity contribution in [3.8, 4) is 0 Å². The Kier molecular flexibility index (Phi) is 4.66. The van der Waals surface area contributed by atoms with Gasteiger partial charge in [0.15, 0.2) is 5.82 Å². The Bertz CT molecular complexity index is 1430. The molecule has 2 N–H and O–H groups in total. The fourth-order valence-corrected chi connectivity index (χ4v) is 4.20. The predicted molar refractivity (Wildman–Crippen MR) is 113 cm³/mol. The molecule has 4 aromatic rings. The Morgan fingerprint density at radius 2 is 2.16 bits per heavy atom. The molecule has 0 bridgehead atoms. The van der Waals surface area contributed by atoms with Crippen LogP contribution in [0.5, 0.6) is 0 Å². The van der Waals surface area contributed by atoms with E-state index in [1.807, 2.05) is 0 Å². The van der Waals surface area contributed by atoms with Crippen molar-refractivity contribution in [2.75, 3.05) is 24.5 Å². The van der Waals surface area contributed by atoms with Gasteiger partial charge < -0.3 is 24.3 Å². The third-order valence-corrected chi connectivity index (χ3v) is 5.71. The number of rotatable bonds is 3. The minimum Gasteiger partial charge on any atom is -0.477 e. The second-order valence-corrected chi connectivity index (χ2v) is 7.71. The van der Waals surface area contributed by atoms with Crippen LogP contribution in [0.1, 0.15) is 22.2 Å². The lowest BCUT2D eigenvalue weighted by Crippen LogP contribution is -2.46. The van der Waals surface area contributed by atoms with Crippen LogP contribution in [0.4, 0.5) is 14.5 Å². The van der Waals surface area contributed by atoms with E-state index in [-0.39, 0.29) is 33.7 Å². The molecule has 0 spiro atoms. The number of furan rings is 1. The van der Waals surface area contributed by atoms with E-state index < -0.39 is 28.6 Å². The lowest BCUT2D eigenvalue weighted by molar-refractivity contribution is 0.0695. The van der Waals surface area contributed by atoms with Crippen LogP contribution in [0.2, 0.25) is 0 Å². The number of fused-ring (bicyclic) bond motifs is 2. The normalized spacial score (nSPS) is 16.7. The number of carboxylic acid groups (broad SMARTS) is 1. The Balaban J connectivity index is 1.66. The van der Waals surface area contributed by atoms with Crippen LogP contribution in [0.25, 0.3) is 21.9 Å². The molecule has 0 radical (unpaired) electrons. The molecule has 5 rings (SSSR count). The zero-order chi connectivity index (χ0) is 22.6. The summed E-state index contributed by atoms with van der Waals surface area (Å²) in [5, 5.41) is 12.6. The third kappa shape index (κ3) is 3.11. The Morgan fingerprint density at radius 1 is 1.34 bits per heavy atom. The summed E-state index contributed by atoms with van der Waals surface area (Å²) in [7, 11) is 1.51. The van der Waals surface area contributed by atoms with Gasteiger partial charge in [-0.1, -0.05) is 0 Å². The van der Waals surface area contributed by atoms with Crippen LogP contribution in [0.15, 0.2) is 45.9 Å². The summed E-state index contributed by atoms with van der Waals surface area (Å²) in [6.45, 7) is 1.17. The van der Waals surface area contributed by atoms with Gasteiger partial charge in [-0.15, -0.1) is 0 Å². The third-order valence-electron chi connectivity index (χ3n) is 5.71. The van der Waals surface area contributed by atoms with Crippen LogP contribution in [-0.2, 0) is 7.05 Å². The van der Waals surface area contributed by atoms with Crippen molar-refractivity contribution in [2.45, 2.75) is 6.04 Å². The predicted octanol–water partition coefficient (Wildman–Crippen LogP) is 2.81. The topological polar surface area (TPSA) is 101 Å². The monoisotopic (exact) mass is 440 g/mol. The van der Waals surface area contributed by atoms with E-state index in [0.717, 1.165) is 12.3 Å². The molecule has 4 heterocycles. The molecule has 1 fully saturated rings. The number of nitrogens with one attached hydrogen (secondary N) is 1. The quantitative estimate of drug-likeness (QED) is 0.473. The van der Waals surface area contributed by atoms with Crippen molar-refractivity contribution in [3.63, 3.8) is 0 Å². The summed E-state index contributed by atoms with van der Waals surface area (Å²) in [5.74, 6) is -2.34. The van der Waals surface area contributed by atoms with E-state index >= 15 is 8.78 Å². The van der Waals surface area contributed by atoms with Crippen molar-refractivity contribution < 1.29 is 23.1 Å². The number of pyridine rings is 2. The first-order valence-corrected chi connectivity index (χ1v) is 9.92. The van der Waals surface area contributed by atoms with Crippen LogP contribution in [0.3, 0.4) is 0 Å². The lowest BCUT2D eigenvalue weighted by Gasteiger charge is -2.34. The molecule has 0 amide bonds. The second kappa shape index (κ2) is 7.41. The minimum atomic E-state index is -1.38. The number of hydrogen-bond donors (Lipinski definition) is 2. The SMILES string of the molecule is Cn1cc(C(=O)O)c(=O)c2cc3cc(F)c(N4CCNC(c5ccco5)C4)c(F)c3nc21. The van der Waals surface area contributed by atoms with Gasteiger partial charge in [0, 0.05) is 38.3 Å². The highest BCUT2D eigenvalue weighted by molar-refractivity contribution is 5.97. The van der Waals surface area contributed by atoms with Crippen LogP contribution < -0.4 is 15.6 Å². The number of benzene rings is 1. The maximum absolute atomic E-state index is 15.6. The summed E-state index contributed by atoms with van der Waals surface area (Å²) in [6.07, 6.45) is 2.68. The van der Waals surface area contributed by atoms with E-state index in [0.29, 0.717) is 25.4 Å². The van der Waals surface area contributed by atoms with Crippen molar-refractivity contribution in [1.29, 1.82) is 0 Å². The highest BCUT2D eigenvalue weighted by Gasteiger charge is 2.28. The average molecular weight is 440 g/mol. The van der Waals surface area contributed by atoms with Crippen LogP contribution in [-0.4, -0.2) is 40.3 Å². The van der Waals surface area contributed by atoms with E-state index in [4.69, 9.17) is 4.42 Å². The number of hydrogen-bond acceptors (Lipinski definition) is 6. The molecule has 32 heavy (non-hydrogen) atoms. The summed E-state index contributed by atoms with van der Waals surface area (Å²) < 4.78 is 37.4.